The number of aromatic hydroxyl groups is 1. The maximum absolute atomic E-state index is 9.58. The third-order valence-corrected chi connectivity index (χ3v) is 4.37. The van der Waals surface area contributed by atoms with E-state index in [4.69, 9.17) is 4.42 Å². The Morgan fingerprint density at radius 2 is 1.60 bits per heavy atom. The summed E-state index contributed by atoms with van der Waals surface area (Å²) in [5, 5.41) is 10.6. The number of nitrogens with one attached hydrogen (secondary N) is 1. The minimum atomic E-state index is 0.239. The molecule has 5 rings (SSSR count). The van der Waals surface area contributed by atoms with Crippen molar-refractivity contribution in [1.82, 2.24) is 9.97 Å². The number of benzene rings is 3. The molecule has 0 aliphatic rings. The molecule has 5 aromatic rings. The highest BCUT2D eigenvalue weighted by atomic mass is 16.3. The summed E-state index contributed by atoms with van der Waals surface area (Å²) in [6.07, 6.45) is 0. The molecule has 4 heteroatoms. The zero-order valence-electron chi connectivity index (χ0n) is 13.2. The van der Waals surface area contributed by atoms with Crippen LogP contribution < -0.4 is 0 Å². The van der Waals surface area contributed by atoms with Crippen LogP contribution in [0.15, 0.2) is 77.2 Å². The van der Waals surface area contributed by atoms with Crippen LogP contribution in [0.2, 0.25) is 0 Å². The molecule has 0 unspecified atom stereocenters. The first kappa shape index (κ1) is 13.9. The topological polar surface area (TPSA) is 62.0 Å². The normalized spacial score (nSPS) is 11.4. The minimum Gasteiger partial charge on any atom is -0.508 e. The van der Waals surface area contributed by atoms with Gasteiger partial charge in [0.2, 0.25) is 5.89 Å². The third-order valence-electron chi connectivity index (χ3n) is 4.37. The zero-order valence-corrected chi connectivity index (χ0v) is 13.2. The summed E-state index contributed by atoms with van der Waals surface area (Å²) in [7, 11) is 0. The summed E-state index contributed by atoms with van der Waals surface area (Å²) < 4.78 is 6.03. The number of phenolic OH excluding ortho intramolecular Hbond substituents is 1. The monoisotopic (exact) mass is 326 g/mol. The summed E-state index contributed by atoms with van der Waals surface area (Å²) >= 11 is 0. The van der Waals surface area contributed by atoms with Gasteiger partial charge in [-0.1, -0.05) is 30.3 Å². The van der Waals surface area contributed by atoms with E-state index in [1.165, 1.54) is 0 Å². The number of aromatic amines is 1. The summed E-state index contributed by atoms with van der Waals surface area (Å²) in [4.78, 5) is 8.13. The molecule has 25 heavy (non-hydrogen) atoms. The summed E-state index contributed by atoms with van der Waals surface area (Å²) in [5.74, 6) is 0.824. The highest BCUT2D eigenvalue weighted by molar-refractivity contribution is 6.02. The third kappa shape index (κ3) is 2.19. The van der Waals surface area contributed by atoms with E-state index in [2.05, 4.69) is 16.0 Å². The molecule has 0 aliphatic heterocycles. The number of fused-ring (bicyclic) bond motifs is 2. The lowest BCUT2D eigenvalue weighted by atomic mass is 10.1. The van der Waals surface area contributed by atoms with E-state index in [-0.39, 0.29) is 5.75 Å². The molecule has 0 radical (unpaired) electrons. The number of hydrogen-bond acceptors (Lipinski definition) is 3. The Morgan fingerprint density at radius 1 is 0.840 bits per heavy atom. The van der Waals surface area contributed by atoms with Crippen LogP contribution in [0.1, 0.15) is 0 Å². The molecular weight excluding hydrogens is 312 g/mol. The number of H-pyrrole nitrogens is 1. The second-order valence-corrected chi connectivity index (χ2v) is 5.95. The van der Waals surface area contributed by atoms with Crippen molar-refractivity contribution in [1.29, 1.82) is 0 Å². The van der Waals surface area contributed by atoms with Gasteiger partial charge in [0, 0.05) is 10.9 Å². The van der Waals surface area contributed by atoms with Gasteiger partial charge in [0.15, 0.2) is 5.58 Å². The zero-order chi connectivity index (χ0) is 16.8. The molecule has 0 aliphatic carbocycles. The van der Waals surface area contributed by atoms with Gasteiger partial charge in [-0.2, -0.15) is 0 Å². The van der Waals surface area contributed by atoms with E-state index in [0.29, 0.717) is 5.89 Å². The Kier molecular flexibility index (Phi) is 2.91. The first-order valence-corrected chi connectivity index (χ1v) is 8.06. The first-order chi connectivity index (χ1) is 12.3. The average molecular weight is 326 g/mol. The van der Waals surface area contributed by atoms with Crippen molar-refractivity contribution >= 4 is 22.0 Å². The van der Waals surface area contributed by atoms with Crippen molar-refractivity contribution in [3.05, 3.63) is 72.8 Å². The number of oxazole rings is 1. The van der Waals surface area contributed by atoms with E-state index in [0.717, 1.165) is 38.8 Å². The summed E-state index contributed by atoms with van der Waals surface area (Å²) in [6, 6.07) is 23.0. The first-order valence-electron chi connectivity index (χ1n) is 8.06. The lowest BCUT2D eigenvalue weighted by Gasteiger charge is -2.02. The van der Waals surface area contributed by atoms with E-state index in [9.17, 15) is 5.11 Å². The standard InChI is InChI=1S/C21H14N2O2/c24-14-11-9-13(10-12-14)20-19(15-5-1-2-6-16(15)22-20)21-23-17-7-3-4-8-18(17)25-21/h1-12,22,24H. The molecule has 0 amide bonds. The van der Waals surface area contributed by atoms with Crippen LogP contribution in [0, 0.1) is 0 Å². The van der Waals surface area contributed by atoms with Gasteiger partial charge in [-0.25, -0.2) is 4.98 Å². The molecule has 2 N–H and O–H groups in total. The van der Waals surface area contributed by atoms with E-state index in [1.807, 2.05) is 54.6 Å². The minimum absolute atomic E-state index is 0.239. The maximum Gasteiger partial charge on any atom is 0.230 e. The molecule has 3 aromatic carbocycles. The Hall–Kier alpha value is -3.53. The smallest absolute Gasteiger partial charge is 0.230 e. The van der Waals surface area contributed by atoms with Crippen LogP contribution in [0.3, 0.4) is 0 Å². The van der Waals surface area contributed by atoms with E-state index >= 15 is 0 Å². The van der Waals surface area contributed by atoms with Gasteiger partial charge in [0.05, 0.1) is 11.3 Å². The number of hydrogen-bond donors (Lipinski definition) is 2. The molecule has 0 bridgehead atoms. The molecule has 0 atom stereocenters. The van der Waals surface area contributed by atoms with Crippen molar-refractivity contribution < 1.29 is 9.52 Å². The molecule has 0 saturated carbocycles. The Balaban J connectivity index is 1.83. The van der Waals surface area contributed by atoms with Crippen LogP contribution in [0.25, 0.3) is 44.7 Å². The second-order valence-electron chi connectivity index (χ2n) is 5.95. The summed E-state index contributed by atoms with van der Waals surface area (Å²) in [5.41, 5.74) is 5.43. The predicted molar refractivity (Wildman–Crippen MR) is 98.4 cm³/mol. The molecule has 0 saturated heterocycles. The highest BCUT2D eigenvalue weighted by Crippen LogP contribution is 2.39. The van der Waals surface area contributed by atoms with Gasteiger partial charge < -0.3 is 14.5 Å². The number of nitrogens with zero attached hydrogens (tertiary/aromatic N) is 1. The molecule has 0 fully saturated rings. The van der Waals surface area contributed by atoms with E-state index in [1.54, 1.807) is 12.1 Å². The lowest BCUT2D eigenvalue weighted by molar-refractivity contribution is 0.475. The maximum atomic E-state index is 9.58. The number of para-hydroxylation sites is 3. The number of aromatic nitrogens is 2. The lowest BCUT2D eigenvalue weighted by Crippen LogP contribution is -1.82. The molecular formula is C21H14N2O2. The van der Waals surface area contributed by atoms with Gasteiger partial charge in [0.25, 0.3) is 0 Å². The van der Waals surface area contributed by atoms with Crippen molar-refractivity contribution in [2.24, 2.45) is 0 Å². The largest absolute Gasteiger partial charge is 0.508 e. The van der Waals surface area contributed by atoms with Gasteiger partial charge in [0.1, 0.15) is 11.3 Å². The molecule has 2 aromatic heterocycles. The fourth-order valence-corrected chi connectivity index (χ4v) is 3.19. The molecule has 4 nitrogen and oxygen atoms in total. The van der Waals surface area contributed by atoms with Crippen molar-refractivity contribution in [3.63, 3.8) is 0 Å². The van der Waals surface area contributed by atoms with E-state index < -0.39 is 0 Å². The van der Waals surface area contributed by atoms with Gasteiger partial charge in [-0.15, -0.1) is 0 Å². The number of rotatable bonds is 2. The quantitative estimate of drug-likeness (QED) is 0.460. The molecule has 120 valence electrons. The SMILES string of the molecule is Oc1ccc(-c2[nH]c3ccccc3c2-c2nc3ccccc3o2)cc1. The average Bonchev–Trinajstić information content (AvgIpc) is 3.23. The fourth-order valence-electron chi connectivity index (χ4n) is 3.19. The van der Waals surface area contributed by atoms with Gasteiger partial charge in [-0.3, -0.25) is 0 Å². The highest BCUT2D eigenvalue weighted by Gasteiger charge is 2.19. The van der Waals surface area contributed by atoms with Gasteiger partial charge >= 0.3 is 0 Å². The molecule has 2 heterocycles. The van der Waals surface area contributed by atoms with Crippen molar-refractivity contribution in [2.75, 3.05) is 0 Å². The predicted octanol–water partition coefficient (Wildman–Crippen LogP) is 5.35. The second kappa shape index (κ2) is 5.24. The van der Waals surface area contributed by atoms with Crippen molar-refractivity contribution in [2.45, 2.75) is 0 Å². The Labute approximate surface area is 143 Å². The number of phenols is 1. The van der Waals surface area contributed by atoms with Crippen LogP contribution in [-0.4, -0.2) is 15.1 Å². The Bertz CT molecular complexity index is 1170. The Morgan fingerprint density at radius 3 is 2.44 bits per heavy atom. The van der Waals surface area contributed by atoms with Crippen LogP contribution in [-0.2, 0) is 0 Å². The van der Waals surface area contributed by atoms with Gasteiger partial charge in [-0.05, 0) is 48.0 Å². The van der Waals surface area contributed by atoms with Crippen LogP contribution in [0.4, 0.5) is 0 Å². The molecule has 0 spiro atoms. The van der Waals surface area contributed by atoms with Crippen molar-refractivity contribution in [3.8, 4) is 28.5 Å². The van der Waals surface area contributed by atoms with Crippen LogP contribution in [0.5, 0.6) is 5.75 Å². The van der Waals surface area contributed by atoms with Crippen LogP contribution >= 0.6 is 0 Å². The summed E-state index contributed by atoms with van der Waals surface area (Å²) in [6.45, 7) is 0. The fraction of sp³-hybridized carbons (Fsp3) is 0.